The van der Waals surface area contributed by atoms with Gasteiger partial charge in [-0.15, -0.1) is 0 Å². The van der Waals surface area contributed by atoms with Gasteiger partial charge in [-0.1, -0.05) is 31.5 Å². The van der Waals surface area contributed by atoms with Crippen molar-refractivity contribution in [2.75, 3.05) is 0 Å². The van der Waals surface area contributed by atoms with Crippen molar-refractivity contribution in [1.29, 1.82) is 0 Å². The molecule has 0 spiro atoms. The largest absolute Gasteiger partial charge is 0.385 e. The van der Waals surface area contributed by atoms with E-state index in [0.29, 0.717) is 24.3 Å². The van der Waals surface area contributed by atoms with Gasteiger partial charge in [0.15, 0.2) is 0 Å². The summed E-state index contributed by atoms with van der Waals surface area (Å²) in [6, 6.07) is 6.60. The van der Waals surface area contributed by atoms with E-state index in [2.05, 4.69) is 6.92 Å². The summed E-state index contributed by atoms with van der Waals surface area (Å²) in [5.41, 5.74) is -0.457. The van der Waals surface area contributed by atoms with E-state index in [1.54, 1.807) is 18.2 Å². The van der Waals surface area contributed by atoms with Crippen molar-refractivity contribution in [3.05, 3.63) is 35.6 Å². The number of benzene rings is 1. The highest BCUT2D eigenvalue weighted by molar-refractivity contribution is 5.24. The average molecular weight is 222 g/mol. The third kappa shape index (κ3) is 2.12. The molecule has 1 aromatic carbocycles. The number of aliphatic hydroxyl groups is 1. The topological polar surface area (TPSA) is 20.2 Å². The van der Waals surface area contributed by atoms with E-state index in [-0.39, 0.29) is 5.82 Å². The molecule has 0 aromatic heterocycles. The van der Waals surface area contributed by atoms with Gasteiger partial charge in [0.05, 0.1) is 5.60 Å². The predicted molar refractivity (Wildman–Crippen MR) is 62.5 cm³/mol. The van der Waals surface area contributed by atoms with Gasteiger partial charge in [0.2, 0.25) is 0 Å². The Morgan fingerprint density at radius 3 is 2.50 bits per heavy atom. The van der Waals surface area contributed by atoms with Crippen LogP contribution in [-0.2, 0) is 5.60 Å². The van der Waals surface area contributed by atoms with Crippen LogP contribution in [0.4, 0.5) is 4.39 Å². The normalized spacial score (nSPS) is 30.3. The smallest absolute Gasteiger partial charge is 0.129 e. The van der Waals surface area contributed by atoms with E-state index in [1.165, 1.54) is 6.07 Å². The molecule has 2 heteroatoms. The van der Waals surface area contributed by atoms with Crippen LogP contribution in [0.5, 0.6) is 0 Å². The lowest BCUT2D eigenvalue weighted by Gasteiger charge is -2.36. The van der Waals surface area contributed by atoms with E-state index < -0.39 is 5.60 Å². The lowest BCUT2D eigenvalue weighted by molar-refractivity contribution is -0.0174. The number of halogens is 1. The van der Waals surface area contributed by atoms with Crippen LogP contribution in [-0.4, -0.2) is 5.11 Å². The van der Waals surface area contributed by atoms with E-state index in [0.717, 1.165) is 19.3 Å². The third-order valence-electron chi connectivity index (χ3n) is 3.88. The fraction of sp³-hybridized carbons (Fsp3) is 0.571. The first-order chi connectivity index (χ1) is 7.65. The third-order valence-corrected chi connectivity index (χ3v) is 3.88. The standard InChI is InChI=1S/C14H19FO/c1-2-11-7-9-14(16,10-8-11)12-5-3-4-6-13(12)15/h3-6,11,16H,2,7-10H2,1H3. The molecule has 0 aliphatic heterocycles. The molecule has 0 saturated heterocycles. The van der Waals surface area contributed by atoms with Crippen molar-refractivity contribution in [2.45, 2.75) is 44.6 Å². The molecule has 0 heterocycles. The van der Waals surface area contributed by atoms with E-state index in [1.807, 2.05) is 0 Å². The number of hydrogen-bond donors (Lipinski definition) is 1. The van der Waals surface area contributed by atoms with Crippen LogP contribution in [0.3, 0.4) is 0 Å². The Bertz CT molecular complexity index is 354. The highest BCUT2D eigenvalue weighted by atomic mass is 19.1. The predicted octanol–water partition coefficient (Wildman–Crippen LogP) is 3.61. The molecular weight excluding hydrogens is 203 g/mol. The molecule has 0 bridgehead atoms. The Morgan fingerprint density at radius 2 is 1.94 bits per heavy atom. The molecule has 1 saturated carbocycles. The fourth-order valence-electron chi connectivity index (χ4n) is 2.67. The molecule has 2 rings (SSSR count). The Hall–Kier alpha value is -0.890. The molecular formula is C14H19FO. The quantitative estimate of drug-likeness (QED) is 0.810. The second kappa shape index (κ2) is 4.54. The van der Waals surface area contributed by atoms with Crippen molar-refractivity contribution in [3.8, 4) is 0 Å². The second-order valence-electron chi connectivity index (χ2n) is 4.86. The number of hydrogen-bond acceptors (Lipinski definition) is 1. The maximum absolute atomic E-state index is 13.6. The van der Waals surface area contributed by atoms with Crippen LogP contribution in [0, 0.1) is 11.7 Å². The van der Waals surface area contributed by atoms with Crippen LogP contribution in [0.1, 0.15) is 44.6 Å². The molecule has 0 unspecified atom stereocenters. The molecule has 88 valence electrons. The summed E-state index contributed by atoms with van der Waals surface area (Å²) in [4.78, 5) is 0. The molecule has 0 radical (unpaired) electrons. The van der Waals surface area contributed by atoms with Gasteiger partial charge in [-0.05, 0) is 37.7 Å². The minimum Gasteiger partial charge on any atom is -0.385 e. The lowest BCUT2D eigenvalue weighted by atomic mass is 9.74. The maximum atomic E-state index is 13.6. The zero-order chi connectivity index (χ0) is 11.6. The Labute approximate surface area is 96.3 Å². The zero-order valence-electron chi connectivity index (χ0n) is 9.75. The molecule has 1 aliphatic carbocycles. The van der Waals surface area contributed by atoms with Gasteiger partial charge in [0.1, 0.15) is 5.82 Å². The summed E-state index contributed by atoms with van der Waals surface area (Å²) < 4.78 is 13.6. The van der Waals surface area contributed by atoms with Crippen LogP contribution in [0.2, 0.25) is 0 Å². The Morgan fingerprint density at radius 1 is 1.31 bits per heavy atom. The summed E-state index contributed by atoms with van der Waals surface area (Å²) in [7, 11) is 0. The minimum atomic E-state index is -0.934. The molecule has 1 aliphatic rings. The van der Waals surface area contributed by atoms with Gasteiger partial charge >= 0.3 is 0 Å². The second-order valence-corrected chi connectivity index (χ2v) is 4.86. The first kappa shape index (κ1) is 11.6. The van der Waals surface area contributed by atoms with E-state index in [4.69, 9.17) is 0 Å². The average Bonchev–Trinajstić information content (AvgIpc) is 2.30. The summed E-state index contributed by atoms with van der Waals surface area (Å²) >= 11 is 0. The Balaban J connectivity index is 2.18. The lowest BCUT2D eigenvalue weighted by Crippen LogP contribution is -2.32. The van der Waals surface area contributed by atoms with Crippen molar-refractivity contribution in [3.63, 3.8) is 0 Å². The summed E-state index contributed by atoms with van der Waals surface area (Å²) in [5.74, 6) is 0.423. The summed E-state index contributed by atoms with van der Waals surface area (Å²) in [5, 5.41) is 10.5. The zero-order valence-corrected chi connectivity index (χ0v) is 9.75. The van der Waals surface area contributed by atoms with Crippen LogP contribution in [0.15, 0.2) is 24.3 Å². The van der Waals surface area contributed by atoms with Crippen LogP contribution < -0.4 is 0 Å². The SMILES string of the molecule is CCC1CCC(O)(c2ccccc2F)CC1. The first-order valence-corrected chi connectivity index (χ1v) is 6.13. The van der Waals surface area contributed by atoms with Crippen molar-refractivity contribution >= 4 is 0 Å². The van der Waals surface area contributed by atoms with E-state index >= 15 is 0 Å². The molecule has 0 atom stereocenters. The summed E-state index contributed by atoms with van der Waals surface area (Å²) in [6.45, 7) is 2.18. The Kier molecular flexibility index (Phi) is 3.29. The van der Waals surface area contributed by atoms with Gasteiger partial charge in [-0.2, -0.15) is 0 Å². The van der Waals surface area contributed by atoms with Gasteiger partial charge in [-0.3, -0.25) is 0 Å². The van der Waals surface area contributed by atoms with Crippen molar-refractivity contribution in [2.24, 2.45) is 5.92 Å². The first-order valence-electron chi connectivity index (χ1n) is 6.13. The highest BCUT2D eigenvalue weighted by Gasteiger charge is 2.35. The molecule has 16 heavy (non-hydrogen) atoms. The number of rotatable bonds is 2. The molecule has 1 aromatic rings. The molecule has 1 fully saturated rings. The maximum Gasteiger partial charge on any atom is 0.129 e. The molecule has 0 amide bonds. The van der Waals surface area contributed by atoms with Gasteiger partial charge in [-0.25, -0.2) is 4.39 Å². The van der Waals surface area contributed by atoms with Gasteiger partial charge in [0.25, 0.3) is 0 Å². The van der Waals surface area contributed by atoms with Gasteiger partial charge in [0, 0.05) is 5.56 Å². The molecule has 1 N–H and O–H groups in total. The van der Waals surface area contributed by atoms with Crippen molar-refractivity contribution in [1.82, 2.24) is 0 Å². The minimum absolute atomic E-state index is 0.278. The summed E-state index contributed by atoms with van der Waals surface area (Å²) in [6.07, 6.45) is 4.54. The van der Waals surface area contributed by atoms with Crippen molar-refractivity contribution < 1.29 is 9.50 Å². The van der Waals surface area contributed by atoms with Gasteiger partial charge < -0.3 is 5.11 Å². The fourth-order valence-corrected chi connectivity index (χ4v) is 2.67. The van der Waals surface area contributed by atoms with Crippen LogP contribution >= 0.6 is 0 Å². The molecule has 1 nitrogen and oxygen atoms in total. The van der Waals surface area contributed by atoms with Crippen LogP contribution in [0.25, 0.3) is 0 Å². The highest BCUT2D eigenvalue weighted by Crippen LogP contribution is 2.41. The van der Waals surface area contributed by atoms with E-state index in [9.17, 15) is 9.50 Å². The monoisotopic (exact) mass is 222 g/mol.